The van der Waals surface area contributed by atoms with Crippen molar-refractivity contribution in [3.63, 3.8) is 0 Å². The molecule has 0 aliphatic heterocycles. The van der Waals surface area contributed by atoms with Crippen molar-refractivity contribution in [3.8, 4) is 0 Å². The molecule has 1 N–H and O–H groups in total. The van der Waals surface area contributed by atoms with Gasteiger partial charge < -0.3 is 4.74 Å². The van der Waals surface area contributed by atoms with Crippen LogP contribution in [-0.2, 0) is 4.74 Å². The molecule has 0 heterocycles. The van der Waals surface area contributed by atoms with Gasteiger partial charge in [-0.05, 0) is 26.3 Å². The third-order valence-electron chi connectivity index (χ3n) is 2.44. The number of hydrogen-bond acceptors (Lipinski definition) is 2. The quantitative estimate of drug-likeness (QED) is 0.655. The normalized spacial score (nSPS) is 22.5. The van der Waals surface area contributed by atoms with E-state index in [1.807, 2.05) is 0 Å². The van der Waals surface area contributed by atoms with E-state index in [2.05, 4.69) is 19.2 Å². The van der Waals surface area contributed by atoms with Crippen molar-refractivity contribution in [1.29, 1.82) is 0 Å². The van der Waals surface area contributed by atoms with Crippen LogP contribution >= 0.6 is 0 Å². The standard InChI is InChI=1S/C10H21NO/c1-3-11-9(2)12-10-7-5-4-6-8-10/h9-11H,3-8H2,1-2H3. The third kappa shape index (κ3) is 3.55. The molecule has 1 atom stereocenters. The molecule has 0 radical (unpaired) electrons. The SMILES string of the molecule is CCNC(C)OC1CCCCC1. The zero-order chi connectivity index (χ0) is 8.81. The molecule has 0 saturated heterocycles. The van der Waals surface area contributed by atoms with Gasteiger partial charge in [0.25, 0.3) is 0 Å². The number of hydrogen-bond donors (Lipinski definition) is 1. The summed E-state index contributed by atoms with van der Waals surface area (Å²) in [5.41, 5.74) is 0. The summed E-state index contributed by atoms with van der Waals surface area (Å²) in [6.45, 7) is 5.20. The first-order chi connectivity index (χ1) is 5.83. The molecule has 0 aromatic carbocycles. The molecular formula is C10H21NO. The molecule has 1 fully saturated rings. The number of ether oxygens (including phenoxy) is 1. The summed E-state index contributed by atoms with van der Waals surface area (Å²) in [6.07, 6.45) is 7.37. The first kappa shape index (κ1) is 10.0. The van der Waals surface area contributed by atoms with Gasteiger partial charge in [0.2, 0.25) is 0 Å². The van der Waals surface area contributed by atoms with Gasteiger partial charge in [0, 0.05) is 0 Å². The van der Waals surface area contributed by atoms with Gasteiger partial charge in [-0.25, -0.2) is 0 Å². The molecule has 1 aliphatic rings. The summed E-state index contributed by atoms with van der Waals surface area (Å²) in [5, 5.41) is 3.27. The van der Waals surface area contributed by atoms with Crippen LogP contribution in [0.4, 0.5) is 0 Å². The maximum absolute atomic E-state index is 5.82. The zero-order valence-electron chi connectivity index (χ0n) is 8.31. The predicted molar refractivity (Wildman–Crippen MR) is 51.1 cm³/mol. The van der Waals surface area contributed by atoms with E-state index >= 15 is 0 Å². The van der Waals surface area contributed by atoms with Crippen molar-refractivity contribution >= 4 is 0 Å². The highest BCUT2D eigenvalue weighted by Crippen LogP contribution is 2.20. The van der Waals surface area contributed by atoms with Gasteiger partial charge in [-0.2, -0.15) is 0 Å². The Morgan fingerprint density at radius 2 is 2.00 bits per heavy atom. The lowest BCUT2D eigenvalue weighted by atomic mass is 9.98. The Bertz CT molecular complexity index is 110. The summed E-state index contributed by atoms with van der Waals surface area (Å²) >= 11 is 0. The van der Waals surface area contributed by atoms with Crippen LogP contribution in [0.25, 0.3) is 0 Å². The van der Waals surface area contributed by atoms with Gasteiger partial charge in [0.05, 0.1) is 6.10 Å². The Labute approximate surface area is 75.7 Å². The largest absolute Gasteiger partial charge is 0.360 e. The van der Waals surface area contributed by atoms with Gasteiger partial charge in [-0.1, -0.05) is 26.2 Å². The van der Waals surface area contributed by atoms with Gasteiger partial charge >= 0.3 is 0 Å². The van der Waals surface area contributed by atoms with Crippen LogP contribution in [0, 0.1) is 0 Å². The minimum atomic E-state index is 0.234. The van der Waals surface area contributed by atoms with E-state index in [1.54, 1.807) is 0 Å². The fourth-order valence-corrected chi connectivity index (χ4v) is 1.83. The zero-order valence-corrected chi connectivity index (χ0v) is 8.31. The van der Waals surface area contributed by atoms with Crippen LogP contribution in [0.3, 0.4) is 0 Å². The monoisotopic (exact) mass is 171 g/mol. The molecule has 2 nitrogen and oxygen atoms in total. The molecule has 12 heavy (non-hydrogen) atoms. The first-order valence-corrected chi connectivity index (χ1v) is 5.21. The fourth-order valence-electron chi connectivity index (χ4n) is 1.83. The molecule has 0 spiro atoms. The predicted octanol–water partition coefficient (Wildman–Crippen LogP) is 2.29. The van der Waals surface area contributed by atoms with Crippen LogP contribution in [-0.4, -0.2) is 18.9 Å². The van der Waals surface area contributed by atoms with E-state index in [9.17, 15) is 0 Å². The summed E-state index contributed by atoms with van der Waals surface area (Å²) in [6, 6.07) is 0. The van der Waals surface area contributed by atoms with Crippen molar-refractivity contribution < 1.29 is 4.74 Å². The topological polar surface area (TPSA) is 21.3 Å². The van der Waals surface area contributed by atoms with E-state index in [0.717, 1.165) is 6.54 Å². The minimum absolute atomic E-state index is 0.234. The second-order valence-corrected chi connectivity index (χ2v) is 3.60. The molecule has 0 aromatic heterocycles. The van der Waals surface area contributed by atoms with E-state index in [0.29, 0.717) is 6.10 Å². The van der Waals surface area contributed by atoms with Crippen LogP contribution in [0.15, 0.2) is 0 Å². The molecule has 72 valence electrons. The Morgan fingerprint density at radius 3 is 2.58 bits per heavy atom. The summed E-state index contributed by atoms with van der Waals surface area (Å²) in [7, 11) is 0. The average molecular weight is 171 g/mol. The first-order valence-electron chi connectivity index (χ1n) is 5.21. The Morgan fingerprint density at radius 1 is 1.33 bits per heavy atom. The Kier molecular flexibility index (Phi) is 4.62. The molecule has 2 heteroatoms. The van der Waals surface area contributed by atoms with Gasteiger partial charge in [0.15, 0.2) is 0 Å². The lowest BCUT2D eigenvalue weighted by Crippen LogP contribution is -2.33. The molecule has 1 unspecified atom stereocenters. The number of rotatable bonds is 4. The minimum Gasteiger partial charge on any atom is -0.360 e. The lowest BCUT2D eigenvalue weighted by Gasteiger charge is -2.25. The van der Waals surface area contributed by atoms with E-state index in [1.165, 1.54) is 32.1 Å². The van der Waals surface area contributed by atoms with Crippen LogP contribution in [0.1, 0.15) is 46.0 Å². The second-order valence-electron chi connectivity index (χ2n) is 3.60. The highest BCUT2D eigenvalue weighted by molar-refractivity contribution is 4.66. The Hall–Kier alpha value is -0.0800. The van der Waals surface area contributed by atoms with Gasteiger partial charge in [0.1, 0.15) is 6.23 Å². The van der Waals surface area contributed by atoms with Crippen molar-refractivity contribution in [2.45, 2.75) is 58.3 Å². The molecule has 1 aliphatic carbocycles. The van der Waals surface area contributed by atoms with Crippen molar-refractivity contribution in [2.75, 3.05) is 6.54 Å². The summed E-state index contributed by atoms with van der Waals surface area (Å²) < 4.78 is 5.82. The maximum Gasteiger partial charge on any atom is 0.105 e. The van der Waals surface area contributed by atoms with E-state index in [4.69, 9.17) is 4.74 Å². The molecule has 0 aromatic rings. The Balaban J connectivity index is 2.11. The van der Waals surface area contributed by atoms with Crippen molar-refractivity contribution in [3.05, 3.63) is 0 Å². The lowest BCUT2D eigenvalue weighted by molar-refractivity contribution is -0.0354. The van der Waals surface area contributed by atoms with E-state index < -0.39 is 0 Å². The molecule has 1 rings (SSSR count). The van der Waals surface area contributed by atoms with Crippen molar-refractivity contribution in [1.82, 2.24) is 5.32 Å². The third-order valence-corrected chi connectivity index (χ3v) is 2.44. The summed E-state index contributed by atoms with van der Waals surface area (Å²) in [4.78, 5) is 0. The highest BCUT2D eigenvalue weighted by Gasteiger charge is 2.15. The fraction of sp³-hybridized carbons (Fsp3) is 1.00. The van der Waals surface area contributed by atoms with Crippen molar-refractivity contribution in [2.24, 2.45) is 0 Å². The van der Waals surface area contributed by atoms with Crippen LogP contribution in [0.5, 0.6) is 0 Å². The van der Waals surface area contributed by atoms with Gasteiger partial charge in [-0.15, -0.1) is 0 Å². The average Bonchev–Trinajstić information content (AvgIpc) is 2.06. The molecule has 1 saturated carbocycles. The van der Waals surface area contributed by atoms with Gasteiger partial charge in [-0.3, -0.25) is 5.32 Å². The maximum atomic E-state index is 5.82. The smallest absolute Gasteiger partial charge is 0.105 e. The van der Waals surface area contributed by atoms with Crippen LogP contribution in [0.2, 0.25) is 0 Å². The van der Waals surface area contributed by atoms with E-state index in [-0.39, 0.29) is 6.23 Å². The highest BCUT2D eigenvalue weighted by atomic mass is 16.5. The molecule has 0 bridgehead atoms. The summed E-state index contributed by atoms with van der Waals surface area (Å²) in [5.74, 6) is 0. The molecule has 0 amide bonds. The second kappa shape index (κ2) is 5.55. The van der Waals surface area contributed by atoms with Crippen LogP contribution < -0.4 is 5.32 Å². The number of nitrogens with one attached hydrogen (secondary N) is 1. The molecular weight excluding hydrogens is 150 g/mol.